The second kappa shape index (κ2) is 4.64. The molecular weight excluding hydrogens is 252 g/mol. The SMILES string of the molecule is Br.c1ccc(CN2C[C@@H]3C[C@H]2CN3)cc1. The van der Waals surface area contributed by atoms with E-state index < -0.39 is 0 Å². The van der Waals surface area contributed by atoms with E-state index >= 15 is 0 Å². The third kappa shape index (κ3) is 2.25. The lowest BCUT2D eigenvalue weighted by molar-refractivity contribution is 0.218. The zero-order chi connectivity index (χ0) is 9.38. The second-order valence-corrected chi connectivity index (χ2v) is 4.41. The summed E-state index contributed by atoms with van der Waals surface area (Å²) in [6, 6.07) is 12.3. The van der Waals surface area contributed by atoms with E-state index in [0.717, 1.165) is 18.6 Å². The third-order valence-corrected chi connectivity index (χ3v) is 3.40. The highest BCUT2D eigenvalue weighted by molar-refractivity contribution is 8.93. The predicted octanol–water partition coefficient (Wildman–Crippen LogP) is 1.81. The molecule has 2 saturated heterocycles. The molecule has 3 rings (SSSR count). The van der Waals surface area contributed by atoms with Gasteiger partial charge >= 0.3 is 0 Å². The van der Waals surface area contributed by atoms with Crippen LogP contribution in [0.3, 0.4) is 0 Å². The average Bonchev–Trinajstić information content (AvgIpc) is 2.81. The first kappa shape index (κ1) is 11.1. The minimum absolute atomic E-state index is 0. The maximum atomic E-state index is 3.53. The Morgan fingerprint density at radius 3 is 2.67 bits per heavy atom. The van der Waals surface area contributed by atoms with E-state index in [1.165, 1.54) is 25.1 Å². The van der Waals surface area contributed by atoms with Crippen LogP contribution < -0.4 is 5.32 Å². The first-order valence-corrected chi connectivity index (χ1v) is 5.43. The summed E-state index contributed by atoms with van der Waals surface area (Å²) in [6.07, 6.45) is 1.35. The summed E-state index contributed by atoms with van der Waals surface area (Å²) in [4.78, 5) is 2.61. The maximum Gasteiger partial charge on any atom is 0.0240 e. The molecule has 2 bridgehead atoms. The minimum Gasteiger partial charge on any atom is -0.311 e. The van der Waals surface area contributed by atoms with Gasteiger partial charge < -0.3 is 5.32 Å². The lowest BCUT2D eigenvalue weighted by atomic mass is 10.2. The Morgan fingerprint density at radius 2 is 2.07 bits per heavy atom. The van der Waals surface area contributed by atoms with Crippen molar-refractivity contribution in [2.45, 2.75) is 25.0 Å². The van der Waals surface area contributed by atoms with E-state index in [4.69, 9.17) is 0 Å². The molecule has 0 spiro atoms. The normalized spacial score (nSPS) is 29.1. The first-order chi connectivity index (χ1) is 6.92. The number of nitrogens with zero attached hydrogens (tertiary/aromatic N) is 1. The molecule has 0 radical (unpaired) electrons. The molecule has 0 amide bonds. The van der Waals surface area contributed by atoms with Gasteiger partial charge in [-0.05, 0) is 12.0 Å². The zero-order valence-corrected chi connectivity index (χ0v) is 10.4. The molecular formula is C12H17BrN2. The van der Waals surface area contributed by atoms with Gasteiger partial charge in [0.15, 0.2) is 0 Å². The zero-order valence-electron chi connectivity index (χ0n) is 8.73. The van der Waals surface area contributed by atoms with E-state index in [1.807, 2.05) is 0 Å². The number of fused-ring (bicyclic) bond motifs is 2. The van der Waals surface area contributed by atoms with Crippen LogP contribution in [0.4, 0.5) is 0 Å². The molecule has 2 fully saturated rings. The van der Waals surface area contributed by atoms with Gasteiger partial charge in [-0.2, -0.15) is 0 Å². The summed E-state index contributed by atoms with van der Waals surface area (Å²) >= 11 is 0. The summed E-state index contributed by atoms with van der Waals surface area (Å²) in [5.74, 6) is 0. The molecule has 1 N–H and O–H groups in total. The van der Waals surface area contributed by atoms with Crippen LogP contribution in [0.15, 0.2) is 30.3 Å². The average molecular weight is 269 g/mol. The van der Waals surface area contributed by atoms with Crippen molar-refractivity contribution in [3.05, 3.63) is 35.9 Å². The summed E-state index contributed by atoms with van der Waals surface area (Å²) in [7, 11) is 0. The fraction of sp³-hybridized carbons (Fsp3) is 0.500. The van der Waals surface area contributed by atoms with Gasteiger partial charge in [0.25, 0.3) is 0 Å². The van der Waals surface area contributed by atoms with E-state index in [2.05, 4.69) is 40.5 Å². The Hall–Kier alpha value is -0.380. The second-order valence-electron chi connectivity index (χ2n) is 4.41. The van der Waals surface area contributed by atoms with Gasteiger partial charge in [0.1, 0.15) is 0 Å². The monoisotopic (exact) mass is 268 g/mol. The smallest absolute Gasteiger partial charge is 0.0240 e. The van der Waals surface area contributed by atoms with E-state index in [0.29, 0.717) is 0 Å². The Morgan fingerprint density at radius 1 is 1.27 bits per heavy atom. The molecule has 2 atom stereocenters. The fourth-order valence-corrected chi connectivity index (χ4v) is 2.66. The molecule has 0 unspecified atom stereocenters. The van der Waals surface area contributed by atoms with Crippen LogP contribution in [-0.2, 0) is 6.54 Å². The molecule has 1 aromatic carbocycles. The van der Waals surface area contributed by atoms with Crippen molar-refractivity contribution in [1.29, 1.82) is 0 Å². The fourth-order valence-electron chi connectivity index (χ4n) is 2.66. The summed E-state index contributed by atoms with van der Waals surface area (Å²) < 4.78 is 0. The van der Waals surface area contributed by atoms with Gasteiger partial charge in [0, 0.05) is 31.7 Å². The van der Waals surface area contributed by atoms with Gasteiger partial charge in [-0.3, -0.25) is 4.90 Å². The summed E-state index contributed by atoms with van der Waals surface area (Å²) in [5.41, 5.74) is 1.44. The van der Waals surface area contributed by atoms with Gasteiger partial charge in [0.2, 0.25) is 0 Å². The molecule has 3 heteroatoms. The highest BCUT2D eigenvalue weighted by Crippen LogP contribution is 2.24. The summed E-state index contributed by atoms with van der Waals surface area (Å²) in [6.45, 7) is 3.56. The van der Waals surface area contributed by atoms with E-state index in [1.54, 1.807) is 0 Å². The van der Waals surface area contributed by atoms with Crippen molar-refractivity contribution in [3.63, 3.8) is 0 Å². The van der Waals surface area contributed by atoms with Crippen LogP contribution in [-0.4, -0.2) is 30.1 Å². The summed E-state index contributed by atoms with van der Waals surface area (Å²) in [5, 5.41) is 3.53. The number of nitrogens with one attached hydrogen (secondary N) is 1. The van der Waals surface area contributed by atoms with E-state index in [-0.39, 0.29) is 17.0 Å². The van der Waals surface area contributed by atoms with Crippen LogP contribution >= 0.6 is 17.0 Å². The van der Waals surface area contributed by atoms with Crippen LogP contribution in [0.2, 0.25) is 0 Å². The van der Waals surface area contributed by atoms with Crippen molar-refractivity contribution in [2.24, 2.45) is 0 Å². The Balaban J connectivity index is 0.000000853. The number of hydrogen-bond donors (Lipinski definition) is 1. The molecule has 1 aromatic rings. The van der Waals surface area contributed by atoms with Gasteiger partial charge in [-0.25, -0.2) is 0 Å². The Bertz CT molecular complexity index is 315. The lowest BCUT2D eigenvalue weighted by Gasteiger charge is -2.27. The number of piperazine rings is 1. The third-order valence-electron chi connectivity index (χ3n) is 3.40. The molecule has 82 valence electrons. The number of benzene rings is 1. The van der Waals surface area contributed by atoms with Gasteiger partial charge in [0.05, 0.1) is 0 Å². The molecule has 0 aliphatic carbocycles. The maximum absolute atomic E-state index is 3.53. The van der Waals surface area contributed by atoms with Crippen molar-refractivity contribution >= 4 is 17.0 Å². The Labute approximate surface area is 101 Å². The quantitative estimate of drug-likeness (QED) is 0.881. The number of likely N-dealkylation sites (tertiary alicyclic amines) is 1. The standard InChI is InChI=1S/C12H16N2.BrH/c1-2-4-10(5-3-1)8-14-9-11-6-12(14)7-13-11;/h1-5,11-13H,6-9H2;1H/t11-,12-;/m0./s1. The highest BCUT2D eigenvalue weighted by Gasteiger charge is 2.36. The van der Waals surface area contributed by atoms with Crippen LogP contribution in [0.5, 0.6) is 0 Å². The molecule has 2 heterocycles. The molecule has 2 nitrogen and oxygen atoms in total. The first-order valence-electron chi connectivity index (χ1n) is 5.43. The lowest BCUT2D eigenvalue weighted by Crippen LogP contribution is -2.42. The molecule has 2 aliphatic heterocycles. The number of rotatable bonds is 2. The van der Waals surface area contributed by atoms with Crippen molar-refractivity contribution in [2.75, 3.05) is 13.1 Å². The highest BCUT2D eigenvalue weighted by atomic mass is 79.9. The van der Waals surface area contributed by atoms with Crippen LogP contribution in [0, 0.1) is 0 Å². The molecule has 2 aliphatic rings. The van der Waals surface area contributed by atoms with Crippen molar-refractivity contribution in [3.8, 4) is 0 Å². The molecule has 15 heavy (non-hydrogen) atoms. The predicted molar refractivity (Wildman–Crippen MR) is 67.4 cm³/mol. The molecule has 0 saturated carbocycles. The van der Waals surface area contributed by atoms with Gasteiger partial charge in [-0.1, -0.05) is 30.3 Å². The van der Waals surface area contributed by atoms with Crippen molar-refractivity contribution in [1.82, 2.24) is 10.2 Å². The van der Waals surface area contributed by atoms with Crippen LogP contribution in [0.1, 0.15) is 12.0 Å². The van der Waals surface area contributed by atoms with E-state index in [9.17, 15) is 0 Å². The van der Waals surface area contributed by atoms with Crippen molar-refractivity contribution < 1.29 is 0 Å². The number of hydrogen-bond acceptors (Lipinski definition) is 2. The Kier molecular flexibility index (Phi) is 3.44. The van der Waals surface area contributed by atoms with Gasteiger partial charge in [-0.15, -0.1) is 17.0 Å². The number of halogens is 1. The topological polar surface area (TPSA) is 15.3 Å². The minimum atomic E-state index is 0. The van der Waals surface area contributed by atoms with Crippen LogP contribution in [0.25, 0.3) is 0 Å². The molecule has 0 aromatic heterocycles. The largest absolute Gasteiger partial charge is 0.311 e.